The Labute approximate surface area is 111 Å². The Morgan fingerprint density at radius 3 is 2.68 bits per heavy atom. The maximum absolute atomic E-state index is 13.7. The van der Waals surface area contributed by atoms with Gasteiger partial charge in [0.1, 0.15) is 5.69 Å². The minimum absolute atomic E-state index is 0.0174. The molecule has 1 aromatic rings. The summed E-state index contributed by atoms with van der Waals surface area (Å²) in [5.74, 6) is -1.20. The lowest BCUT2D eigenvalue weighted by Gasteiger charge is -2.18. The van der Waals surface area contributed by atoms with Crippen molar-refractivity contribution in [1.82, 2.24) is 0 Å². The van der Waals surface area contributed by atoms with Crippen LogP contribution in [-0.2, 0) is 4.74 Å². The number of hydrogen-bond donors (Lipinski definition) is 1. The molecule has 1 aliphatic heterocycles. The molecule has 5 heteroatoms. The fourth-order valence-electron chi connectivity index (χ4n) is 2.42. The number of benzene rings is 1. The SMILES string of the molecule is CCC1OCCC1CNc1c(F)cc(C#N)cc1F. The van der Waals surface area contributed by atoms with E-state index in [1.807, 2.05) is 6.92 Å². The van der Waals surface area contributed by atoms with Crippen LogP contribution in [0.3, 0.4) is 0 Å². The van der Waals surface area contributed by atoms with Gasteiger partial charge < -0.3 is 10.1 Å². The Hall–Kier alpha value is -1.67. The summed E-state index contributed by atoms with van der Waals surface area (Å²) in [4.78, 5) is 0. The van der Waals surface area contributed by atoms with Crippen molar-refractivity contribution in [2.45, 2.75) is 25.9 Å². The molecule has 3 nitrogen and oxygen atoms in total. The number of anilines is 1. The van der Waals surface area contributed by atoms with Crippen LogP contribution in [0.4, 0.5) is 14.5 Å². The first-order valence-corrected chi connectivity index (χ1v) is 6.40. The fraction of sp³-hybridized carbons (Fsp3) is 0.500. The summed E-state index contributed by atoms with van der Waals surface area (Å²) in [5, 5.41) is 11.4. The van der Waals surface area contributed by atoms with E-state index in [4.69, 9.17) is 10.00 Å². The maximum atomic E-state index is 13.7. The summed E-state index contributed by atoms with van der Waals surface area (Å²) in [6, 6.07) is 3.79. The van der Waals surface area contributed by atoms with Gasteiger partial charge in [-0.2, -0.15) is 5.26 Å². The zero-order valence-corrected chi connectivity index (χ0v) is 10.7. The lowest BCUT2D eigenvalue weighted by Crippen LogP contribution is -2.23. The quantitative estimate of drug-likeness (QED) is 0.911. The first kappa shape index (κ1) is 13.8. The van der Waals surface area contributed by atoms with Gasteiger partial charge in [0, 0.05) is 19.1 Å². The van der Waals surface area contributed by atoms with Crippen molar-refractivity contribution in [2.75, 3.05) is 18.5 Å². The van der Waals surface area contributed by atoms with E-state index in [9.17, 15) is 8.78 Å². The number of nitrogens with one attached hydrogen (secondary N) is 1. The highest BCUT2D eigenvalue weighted by atomic mass is 19.1. The molecule has 1 heterocycles. The number of rotatable bonds is 4. The van der Waals surface area contributed by atoms with E-state index >= 15 is 0 Å². The number of halogens is 2. The summed E-state index contributed by atoms with van der Waals surface area (Å²) in [5.41, 5.74) is -0.183. The molecule has 0 spiro atoms. The van der Waals surface area contributed by atoms with E-state index < -0.39 is 11.6 Å². The van der Waals surface area contributed by atoms with Crippen LogP contribution in [0.25, 0.3) is 0 Å². The predicted molar refractivity (Wildman–Crippen MR) is 67.7 cm³/mol. The van der Waals surface area contributed by atoms with Crippen LogP contribution in [0.1, 0.15) is 25.3 Å². The van der Waals surface area contributed by atoms with Gasteiger partial charge in [0.15, 0.2) is 11.6 Å². The molecular formula is C14H16F2N2O. The second-order valence-corrected chi connectivity index (χ2v) is 4.67. The molecule has 1 fully saturated rings. The Balaban J connectivity index is 2.06. The summed E-state index contributed by atoms with van der Waals surface area (Å²) < 4.78 is 32.9. The molecule has 2 unspecified atom stereocenters. The number of ether oxygens (including phenoxy) is 1. The van der Waals surface area contributed by atoms with Crippen molar-refractivity contribution < 1.29 is 13.5 Å². The Morgan fingerprint density at radius 2 is 2.11 bits per heavy atom. The van der Waals surface area contributed by atoms with Gasteiger partial charge in [-0.05, 0) is 25.0 Å². The normalized spacial score (nSPS) is 22.2. The monoisotopic (exact) mass is 266 g/mol. The maximum Gasteiger partial charge on any atom is 0.150 e. The lowest BCUT2D eigenvalue weighted by atomic mass is 9.99. The van der Waals surface area contributed by atoms with Gasteiger partial charge in [0.05, 0.1) is 17.7 Å². The largest absolute Gasteiger partial charge is 0.380 e. The topological polar surface area (TPSA) is 45.0 Å². The second-order valence-electron chi connectivity index (χ2n) is 4.67. The van der Waals surface area contributed by atoms with Crippen molar-refractivity contribution in [1.29, 1.82) is 5.26 Å². The molecule has 0 saturated carbocycles. The van der Waals surface area contributed by atoms with Gasteiger partial charge >= 0.3 is 0 Å². The van der Waals surface area contributed by atoms with E-state index in [1.165, 1.54) is 0 Å². The summed E-state index contributed by atoms with van der Waals surface area (Å²) in [7, 11) is 0. The minimum Gasteiger partial charge on any atom is -0.380 e. The molecule has 0 bridgehead atoms. The molecule has 0 radical (unpaired) electrons. The Kier molecular flexibility index (Phi) is 4.33. The second kappa shape index (κ2) is 5.98. The standard InChI is InChI=1S/C14H16F2N2O/c1-2-13-10(3-4-19-13)8-18-14-11(15)5-9(7-17)6-12(14)16/h5-6,10,13,18H,2-4,8H2,1H3. The van der Waals surface area contributed by atoms with E-state index in [2.05, 4.69) is 5.32 Å². The van der Waals surface area contributed by atoms with Gasteiger partial charge in [0.2, 0.25) is 0 Å². The fourth-order valence-corrected chi connectivity index (χ4v) is 2.42. The molecule has 0 amide bonds. The molecule has 2 atom stereocenters. The third-order valence-corrected chi connectivity index (χ3v) is 3.46. The van der Waals surface area contributed by atoms with Gasteiger partial charge in [-0.1, -0.05) is 6.92 Å². The molecule has 1 aliphatic rings. The van der Waals surface area contributed by atoms with Gasteiger partial charge in [-0.15, -0.1) is 0 Å². The number of nitrogens with zero attached hydrogens (tertiary/aromatic N) is 1. The van der Waals surface area contributed by atoms with E-state index in [-0.39, 0.29) is 23.3 Å². The van der Waals surface area contributed by atoms with Crippen molar-refractivity contribution in [3.8, 4) is 6.07 Å². The summed E-state index contributed by atoms with van der Waals surface area (Å²) in [6.07, 6.45) is 1.94. The third-order valence-electron chi connectivity index (χ3n) is 3.46. The Bertz CT molecular complexity index is 476. The van der Waals surface area contributed by atoms with Crippen LogP contribution >= 0.6 is 0 Å². The Morgan fingerprint density at radius 1 is 1.42 bits per heavy atom. The molecule has 19 heavy (non-hydrogen) atoms. The number of hydrogen-bond acceptors (Lipinski definition) is 3. The van der Waals surface area contributed by atoms with Crippen LogP contribution in [0.15, 0.2) is 12.1 Å². The lowest BCUT2D eigenvalue weighted by molar-refractivity contribution is 0.0900. The third kappa shape index (κ3) is 3.02. The predicted octanol–water partition coefficient (Wildman–Crippen LogP) is 3.06. The number of nitriles is 1. The summed E-state index contributed by atoms with van der Waals surface area (Å²) in [6.45, 7) is 3.20. The molecule has 1 N–H and O–H groups in total. The average Bonchev–Trinajstić information content (AvgIpc) is 2.85. The minimum atomic E-state index is -0.733. The molecule has 102 valence electrons. The highest BCUT2D eigenvalue weighted by Gasteiger charge is 2.26. The van der Waals surface area contributed by atoms with Crippen LogP contribution in [0, 0.1) is 28.9 Å². The molecular weight excluding hydrogens is 250 g/mol. The summed E-state index contributed by atoms with van der Waals surface area (Å²) >= 11 is 0. The zero-order valence-electron chi connectivity index (χ0n) is 10.7. The van der Waals surface area contributed by atoms with Gasteiger partial charge in [-0.3, -0.25) is 0 Å². The van der Waals surface area contributed by atoms with E-state index in [0.717, 1.165) is 25.0 Å². The highest BCUT2D eigenvalue weighted by molar-refractivity contribution is 5.50. The van der Waals surface area contributed by atoms with Crippen LogP contribution in [-0.4, -0.2) is 19.3 Å². The van der Waals surface area contributed by atoms with E-state index in [0.29, 0.717) is 13.2 Å². The molecule has 0 aliphatic carbocycles. The van der Waals surface area contributed by atoms with Crippen molar-refractivity contribution in [2.24, 2.45) is 5.92 Å². The first-order chi connectivity index (χ1) is 9.15. The first-order valence-electron chi connectivity index (χ1n) is 6.40. The molecule has 0 aromatic heterocycles. The molecule has 2 rings (SSSR count). The average molecular weight is 266 g/mol. The smallest absolute Gasteiger partial charge is 0.150 e. The van der Waals surface area contributed by atoms with E-state index in [1.54, 1.807) is 6.07 Å². The highest BCUT2D eigenvalue weighted by Crippen LogP contribution is 2.26. The van der Waals surface area contributed by atoms with Crippen LogP contribution < -0.4 is 5.32 Å². The van der Waals surface area contributed by atoms with Crippen LogP contribution in [0.2, 0.25) is 0 Å². The van der Waals surface area contributed by atoms with Crippen molar-refractivity contribution >= 4 is 5.69 Å². The van der Waals surface area contributed by atoms with Crippen molar-refractivity contribution in [3.05, 3.63) is 29.3 Å². The zero-order chi connectivity index (χ0) is 13.8. The van der Waals surface area contributed by atoms with Crippen molar-refractivity contribution in [3.63, 3.8) is 0 Å². The van der Waals surface area contributed by atoms with Gasteiger partial charge in [0.25, 0.3) is 0 Å². The van der Waals surface area contributed by atoms with Crippen LogP contribution in [0.5, 0.6) is 0 Å². The van der Waals surface area contributed by atoms with Gasteiger partial charge in [-0.25, -0.2) is 8.78 Å². The molecule has 1 saturated heterocycles. The molecule has 1 aromatic carbocycles.